The molecule has 1 rings (SSSR count). The average molecular weight is 223 g/mol. The van der Waals surface area contributed by atoms with E-state index in [2.05, 4.69) is 29.1 Å². The van der Waals surface area contributed by atoms with Crippen LogP contribution in [-0.4, -0.2) is 26.1 Å². The van der Waals surface area contributed by atoms with Crippen molar-refractivity contribution in [2.75, 3.05) is 20.1 Å². The molecule has 0 heterocycles. The molecule has 92 valence electrons. The smallest absolute Gasteiger partial charge is 0.191 e. The van der Waals surface area contributed by atoms with Crippen LogP contribution >= 0.6 is 0 Å². The monoisotopic (exact) mass is 223 g/mol. The van der Waals surface area contributed by atoms with Crippen molar-refractivity contribution in [3.8, 4) is 0 Å². The van der Waals surface area contributed by atoms with Gasteiger partial charge >= 0.3 is 0 Å². The Bertz CT molecular complexity index is 240. The zero-order valence-corrected chi connectivity index (χ0v) is 10.7. The summed E-state index contributed by atoms with van der Waals surface area (Å²) in [5.41, 5.74) is 0.506. The third kappa shape index (κ3) is 3.54. The Balaban J connectivity index is 2.38. The summed E-state index contributed by atoms with van der Waals surface area (Å²) < 4.78 is 0. The van der Waals surface area contributed by atoms with Gasteiger partial charge in [-0.15, -0.1) is 6.58 Å². The summed E-state index contributed by atoms with van der Waals surface area (Å²) in [5, 5.41) is 6.63. The van der Waals surface area contributed by atoms with Crippen molar-refractivity contribution in [2.45, 2.75) is 39.0 Å². The van der Waals surface area contributed by atoms with Crippen LogP contribution in [0.15, 0.2) is 17.6 Å². The van der Waals surface area contributed by atoms with Gasteiger partial charge in [0.1, 0.15) is 0 Å². The van der Waals surface area contributed by atoms with Crippen molar-refractivity contribution < 1.29 is 0 Å². The molecule has 0 aromatic heterocycles. The fourth-order valence-electron chi connectivity index (χ4n) is 2.44. The van der Waals surface area contributed by atoms with Crippen LogP contribution < -0.4 is 10.6 Å². The maximum absolute atomic E-state index is 4.20. The molecule has 0 spiro atoms. The van der Waals surface area contributed by atoms with Gasteiger partial charge in [-0.25, -0.2) is 0 Å². The molecule has 0 bridgehead atoms. The molecule has 0 aromatic carbocycles. The molecule has 0 atom stereocenters. The SMILES string of the molecule is C=CCNC(=NC)NCC1(CC)CCCC1. The van der Waals surface area contributed by atoms with Crippen molar-refractivity contribution in [1.29, 1.82) is 0 Å². The van der Waals surface area contributed by atoms with Gasteiger partial charge in [-0.1, -0.05) is 25.8 Å². The second kappa shape index (κ2) is 6.56. The third-order valence-corrected chi connectivity index (χ3v) is 3.68. The van der Waals surface area contributed by atoms with Crippen LogP contribution in [0.25, 0.3) is 0 Å². The van der Waals surface area contributed by atoms with Gasteiger partial charge in [0.25, 0.3) is 0 Å². The van der Waals surface area contributed by atoms with Crippen LogP contribution in [0.4, 0.5) is 0 Å². The molecule has 0 saturated heterocycles. The Labute approximate surface area is 99.4 Å². The molecule has 0 radical (unpaired) electrons. The van der Waals surface area contributed by atoms with E-state index in [0.717, 1.165) is 19.0 Å². The van der Waals surface area contributed by atoms with E-state index in [1.165, 1.54) is 32.1 Å². The predicted molar refractivity (Wildman–Crippen MR) is 70.8 cm³/mol. The van der Waals surface area contributed by atoms with E-state index in [4.69, 9.17) is 0 Å². The first-order valence-corrected chi connectivity index (χ1v) is 6.32. The molecule has 0 aromatic rings. The molecular weight excluding hydrogens is 198 g/mol. The summed E-state index contributed by atoms with van der Waals surface area (Å²) in [6.07, 6.45) is 8.59. The molecule has 0 amide bonds. The fraction of sp³-hybridized carbons (Fsp3) is 0.769. The largest absolute Gasteiger partial charge is 0.356 e. The van der Waals surface area contributed by atoms with E-state index in [1.807, 2.05) is 13.1 Å². The molecule has 2 N–H and O–H groups in total. The number of nitrogens with one attached hydrogen (secondary N) is 2. The first-order valence-electron chi connectivity index (χ1n) is 6.32. The highest BCUT2D eigenvalue weighted by Gasteiger charge is 2.31. The van der Waals surface area contributed by atoms with Crippen LogP contribution in [0.1, 0.15) is 39.0 Å². The molecule has 3 heteroatoms. The highest BCUT2D eigenvalue weighted by molar-refractivity contribution is 5.79. The molecule has 1 saturated carbocycles. The lowest BCUT2D eigenvalue weighted by molar-refractivity contribution is 0.283. The minimum absolute atomic E-state index is 0.506. The van der Waals surface area contributed by atoms with E-state index in [1.54, 1.807) is 0 Å². The second-order valence-corrected chi connectivity index (χ2v) is 4.66. The van der Waals surface area contributed by atoms with Gasteiger partial charge in [0, 0.05) is 20.1 Å². The number of guanidine groups is 1. The third-order valence-electron chi connectivity index (χ3n) is 3.68. The van der Waals surface area contributed by atoms with Gasteiger partial charge in [0.05, 0.1) is 0 Å². The standard InChI is InChI=1S/C13H25N3/c1-4-10-15-12(14-3)16-11-13(5-2)8-6-7-9-13/h4H,1,5-11H2,2-3H3,(H2,14,15,16). The van der Waals surface area contributed by atoms with Gasteiger partial charge < -0.3 is 10.6 Å². The number of aliphatic imine (C=N–C) groups is 1. The van der Waals surface area contributed by atoms with Crippen molar-refractivity contribution >= 4 is 5.96 Å². The highest BCUT2D eigenvalue weighted by Crippen LogP contribution is 2.40. The van der Waals surface area contributed by atoms with E-state index < -0.39 is 0 Å². The normalized spacial score (nSPS) is 19.5. The van der Waals surface area contributed by atoms with Crippen LogP contribution in [-0.2, 0) is 0 Å². The lowest BCUT2D eigenvalue weighted by atomic mass is 9.83. The topological polar surface area (TPSA) is 36.4 Å². The molecule has 16 heavy (non-hydrogen) atoms. The molecule has 3 nitrogen and oxygen atoms in total. The van der Waals surface area contributed by atoms with Crippen molar-refractivity contribution in [3.63, 3.8) is 0 Å². The Kier molecular flexibility index (Phi) is 5.36. The summed E-state index contributed by atoms with van der Waals surface area (Å²) in [7, 11) is 1.81. The van der Waals surface area contributed by atoms with E-state index in [0.29, 0.717) is 5.41 Å². The Morgan fingerprint density at radius 2 is 2.06 bits per heavy atom. The number of rotatable bonds is 5. The fourth-order valence-corrected chi connectivity index (χ4v) is 2.44. The molecule has 1 aliphatic rings. The molecule has 1 fully saturated rings. The minimum Gasteiger partial charge on any atom is -0.356 e. The Hall–Kier alpha value is -0.990. The average Bonchev–Trinajstić information content (AvgIpc) is 2.79. The van der Waals surface area contributed by atoms with Gasteiger partial charge in [-0.05, 0) is 24.7 Å². The first-order chi connectivity index (χ1) is 7.76. The maximum Gasteiger partial charge on any atom is 0.191 e. The van der Waals surface area contributed by atoms with Crippen LogP contribution in [0.5, 0.6) is 0 Å². The van der Waals surface area contributed by atoms with Gasteiger partial charge in [0.15, 0.2) is 5.96 Å². The summed E-state index contributed by atoms with van der Waals surface area (Å²) >= 11 is 0. The molecule has 1 aliphatic carbocycles. The van der Waals surface area contributed by atoms with Crippen molar-refractivity contribution in [1.82, 2.24) is 10.6 Å². The van der Waals surface area contributed by atoms with Crippen molar-refractivity contribution in [2.24, 2.45) is 10.4 Å². The molecule has 0 unspecified atom stereocenters. The van der Waals surface area contributed by atoms with Crippen LogP contribution in [0.3, 0.4) is 0 Å². The summed E-state index contributed by atoms with van der Waals surface area (Å²) in [6, 6.07) is 0. The second-order valence-electron chi connectivity index (χ2n) is 4.66. The summed E-state index contributed by atoms with van der Waals surface area (Å²) in [5.74, 6) is 0.889. The van der Waals surface area contributed by atoms with Crippen LogP contribution in [0, 0.1) is 5.41 Å². The minimum atomic E-state index is 0.506. The van der Waals surface area contributed by atoms with E-state index >= 15 is 0 Å². The molecular formula is C13H25N3. The summed E-state index contributed by atoms with van der Waals surface area (Å²) in [6.45, 7) is 7.79. The van der Waals surface area contributed by atoms with Crippen LogP contribution in [0.2, 0.25) is 0 Å². The zero-order valence-electron chi connectivity index (χ0n) is 10.7. The molecule has 0 aliphatic heterocycles. The number of nitrogens with zero attached hydrogens (tertiary/aromatic N) is 1. The first kappa shape index (κ1) is 13.1. The zero-order chi connectivity index (χ0) is 11.9. The van der Waals surface area contributed by atoms with Gasteiger partial charge in [-0.2, -0.15) is 0 Å². The Morgan fingerprint density at radius 1 is 1.38 bits per heavy atom. The van der Waals surface area contributed by atoms with Gasteiger partial charge in [-0.3, -0.25) is 4.99 Å². The van der Waals surface area contributed by atoms with E-state index in [9.17, 15) is 0 Å². The van der Waals surface area contributed by atoms with Gasteiger partial charge in [0.2, 0.25) is 0 Å². The lowest BCUT2D eigenvalue weighted by Gasteiger charge is -2.28. The summed E-state index contributed by atoms with van der Waals surface area (Å²) in [4.78, 5) is 4.20. The number of hydrogen-bond donors (Lipinski definition) is 2. The predicted octanol–water partition coefficient (Wildman–Crippen LogP) is 2.31. The van der Waals surface area contributed by atoms with E-state index in [-0.39, 0.29) is 0 Å². The quantitative estimate of drug-likeness (QED) is 0.426. The number of hydrogen-bond acceptors (Lipinski definition) is 1. The Morgan fingerprint density at radius 3 is 2.56 bits per heavy atom. The lowest BCUT2D eigenvalue weighted by Crippen LogP contribution is -2.42. The highest BCUT2D eigenvalue weighted by atomic mass is 15.2. The maximum atomic E-state index is 4.20. The van der Waals surface area contributed by atoms with Crippen molar-refractivity contribution in [3.05, 3.63) is 12.7 Å².